The molecule has 0 saturated heterocycles. The number of rotatable bonds is 11. The first kappa shape index (κ1) is 23.5. The van der Waals surface area contributed by atoms with E-state index in [1.54, 1.807) is 6.08 Å². The number of methoxy groups -OCH3 is 1. The molecule has 6 nitrogen and oxygen atoms in total. The summed E-state index contributed by atoms with van der Waals surface area (Å²) in [7, 11) is 1.35. The SMILES string of the molecule is CCN(CC)CCNc1ccc(/C=C/C(=O)OC)cc1NC(=O)C1CC1c1ccccc1. The minimum absolute atomic E-state index is 0.0183. The molecule has 170 valence electrons. The summed E-state index contributed by atoms with van der Waals surface area (Å²) in [6.07, 6.45) is 3.92. The van der Waals surface area contributed by atoms with Crippen LogP contribution in [0.4, 0.5) is 11.4 Å². The van der Waals surface area contributed by atoms with Gasteiger partial charge in [0.15, 0.2) is 0 Å². The van der Waals surface area contributed by atoms with E-state index in [9.17, 15) is 9.59 Å². The summed E-state index contributed by atoms with van der Waals surface area (Å²) in [6.45, 7) is 8.00. The molecule has 2 unspecified atom stereocenters. The van der Waals surface area contributed by atoms with Crippen LogP contribution in [0.15, 0.2) is 54.6 Å². The van der Waals surface area contributed by atoms with Gasteiger partial charge in [-0.05, 0) is 54.8 Å². The van der Waals surface area contributed by atoms with Crippen LogP contribution in [0.3, 0.4) is 0 Å². The maximum absolute atomic E-state index is 13.0. The molecule has 1 fully saturated rings. The van der Waals surface area contributed by atoms with E-state index < -0.39 is 5.97 Å². The van der Waals surface area contributed by atoms with Gasteiger partial charge in [0.2, 0.25) is 5.91 Å². The predicted octanol–water partition coefficient (Wildman–Crippen LogP) is 4.37. The molecule has 0 heterocycles. The first-order valence-electron chi connectivity index (χ1n) is 11.3. The molecule has 1 aliphatic carbocycles. The molecule has 0 aliphatic heterocycles. The number of likely N-dealkylation sites (N-methyl/N-ethyl adjacent to an activating group) is 1. The van der Waals surface area contributed by atoms with Crippen LogP contribution >= 0.6 is 0 Å². The Hall–Kier alpha value is -3.12. The number of amides is 1. The zero-order valence-electron chi connectivity index (χ0n) is 19.1. The van der Waals surface area contributed by atoms with Crippen LogP contribution < -0.4 is 10.6 Å². The van der Waals surface area contributed by atoms with E-state index >= 15 is 0 Å². The van der Waals surface area contributed by atoms with E-state index in [0.29, 0.717) is 0 Å². The summed E-state index contributed by atoms with van der Waals surface area (Å²) in [6, 6.07) is 15.9. The molecule has 6 heteroatoms. The summed E-state index contributed by atoms with van der Waals surface area (Å²) in [4.78, 5) is 26.8. The zero-order valence-corrected chi connectivity index (χ0v) is 19.1. The highest BCUT2D eigenvalue weighted by atomic mass is 16.5. The fourth-order valence-corrected chi connectivity index (χ4v) is 3.82. The number of anilines is 2. The van der Waals surface area contributed by atoms with Gasteiger partial charge in [0.1, 0.15) is 0 Å². The Kier molecular flexibility index (Phi) is 8.45. The lowest BCUT2D eigenvalue weighted by atomic mass is 10.1. The van der Waals surface area contributed by atoms with E-state index in [4.69, 9.17) is 0 Å². The number of ether oxygens (including phenoxy) is 1. The molecule has 2 atom stereocenters. The number of hydrogen-bond donors (Lipinski definition) is 2. The Morgan fingerprint density at radius 3 is 2.53 bits per heavy atom. The van der Waals surface area contributed by atoms with Gasteiger partial charge in [0.05, 0.1) is 18.5 Å². The van der Waals surface area contributed by atoms with Crippen molar-refractivity contribution in [3.63, 3.8) is 0 Å². The molecular weight excluding hydrogens is 402 g/mol. The highest BCUT2D eigenvalue weighted by Gasteiger charge is 2.43. The smallest absolute Gasteiger partial charge is 0.330 e. The summed E-state index contributed by atoms with van der Waals surface area (Å²) >= 11 is 0. The third-order valence-corrected chi connectivity index (χ3v) is 5.91. The number of hydrogen-bond acceptors (Lipinski definition) is 5. The Morgan fingerprint density at radius 2 is 1.84 bits per heavy atom. The van der Waals surface area contributed by atoms with E-state index in [-0.39, 0.29) is 17.7 Å². The van der Waals surface area contributed by atoms with Gasteiger partial charge in [0, 0.05) is 25.1 Å². The first-order chi connectivity index (χ1) is 15.5. The van der Waals surface area contributed by atoms with Gasteiger partial charge in [-0.15, -0.1) is 0 Å². The third kappa shape index (κ3) is 6.44. The fourth-order valence-electron chi connectivity index (χ4n) is 3.82. The molecule has 0 spiro atoms. The van der Waals surface area contributed by atoms with Crippen LogP contribution in [-0.2, 0) is 14.3 Å². The second-order valence-corrected chi connectivity index (χ2v) is 7.96. The predicted molar refractivity (Wildman–Crippen MR) is 130 cm³/mol. The minimum Gasteiger partial charge on any atom is -0.466 e. The van der Waals surface area contributed by atoms with Crippen molar-refractivity contribution in [2.24, 2.45) is 5.92 Å². The number of benzene rings is 2. The molecule has 2 N–H and O–H groups in total. The van der Waals surface area contributed by atoms with E-state index in [0.717, 1.165) is 49.5 Å². The first-order valence-corrected chi connectivity index (χ1v) is 11.3. The third-order valence-electron chi connectivity index (χ3n) is 5.91. The van der Waals surface area contributed by atoms with Crippen LogP contribution in [0.2, 0.25) is 0 Å². The van der Waals surface area contributed by atoms with Crippen molar-refractivity contribution in [2.45, 2.75) is 26.2 Å². The van der Waals surface area contributed by atoms with Crippen molar-refractivity contribution in [3.8, 4) is 0 Å². The van der Waals surface area contributed by atoms with Gasteiger partial charge in [-0.25, -0.2) is 4.79 Å². The largest absolute Gasteiger partial charge is 0.466 e. The number of nitrogens with one attached hydrogen (secondary N) is 2. The average molecular weight is 436 g/mol. The van der Waals surface area contributed by atoms with Crippen LogP contribution in [-0.4, -0.2) is 50.1 Å². The van der Waals surface area contributed by atoms with Crippen molar-refractivity contribution in [1.82, 2.24) is 4.90 Å². The molecule has 0 bridgehead atoms. The average Bonchev–Trinajstić information content (AvgIpc) is 3.63. The zero-order chi connectivity index (χ0) is 22.9. The Labute approximate surface area is 190 Å². The Morgan fingerprint density at radius 1 is 1.09 bits per heavy atom. The lowest BCUT2D eigenvalue weighted by molar-refractivity contribution is -0.134. The lowest BCUT2D eigenvalue weighted by Crippen LogP contribution is -2.28. The molecule has 1 amide bonds. The van der Waals surface area contributed by atoms with Crippen LogP contribution in [0, 0.1) is 5.92 Å². The molecular formula is C26H33N3O3. The molecule has 1 aliphatic rings. The minimum atomic E-state index is -0.416. The highest BCUT2D eigenvalue weighted by Crippen LogP contribution is 2.48. The van der Waals surface area contributed by atoms with Crippen LogP contribution in [0.25, 0.3) is 6.08 Å². The van der Waals surface area contributed by atoms with Crippen molar-refractivity contribution < 1.29 is 14.3 Å². The number of carbonyl (C=O) groups is 2. The van der Waals surface area contributed by atoms with Crippen molar-refractivity contribution in [1.29, 1.82) is 0 Å². The lowest BCUT2D eigenvalue weighted by Gasteiger charge is -2.20. The number of esters is 1. The molecule has 0 radical (unpaired) electrons. The second kappa shape index (κ2) is 11.5. The van der Waals surface area contributed by atoms with Gasteiger partial charge < -0.3 is 20.3 Å². The maximum Gasteiger partial charge on any atom is 0.330 e. The number of carbonyl (C=O) groups excluding carboxylic acids is 2. The molecule has 2 aromatic carbocycles. The van der Waals surface area contributed by atoms with Crippen molar-refractivity contribution >= 4 is 29.3 Å². The summed E-state index contributed by atoms with van der Waals surface area (Å²) < 4.78 is 4.67. The highest BCUT2D eigenvalue weighted by molar-refractivity contribution is 5.98. The summed E-state index contributed by atoms with van der Waals surface area (Å²) in [5, 5.41) is 6.57. The van der Waals surface area contributed by atoms with Gasteiger partial charge in [0.25, 0.3) is 0 Å². The van der Waals surface area contributed by atoms with Gasteiger partial charge >= 0.3 is 5.97 Å². The van der Waals surface area contributed by atoms with E-state index in [1.807, 2.05) is 36.4 Å². The normalized spacial score (nSPS) is 17.4. The van der Waals surface area contributed by atoms with Crippen molar-refractivity contribution in [2.75, 3.05) is 43.9 Å². The molecule has 2 aromatic rings. The van der Waals surface area contributed by atoms with Gasteiger partial charge in [-0.1, -0.05) is 50.2 Å². The summed E-state index contributed by atoms with van der Waals surface area (Å²) in [5.41, 5.74) is 3.62. The summed E-state index contributed by atoms with van der Waals surface area (Å²) in [5.74, 6) is -0.131. The van der Waals surface area contributed by atoms with Gasteiger partial charge in [-0.2, -0.15) is 0 Å². The number of nitrogens with zero attached hydrogens (tertiary/aromatic N) is 1. The van der Waals surface area contributed by atoms with Crippen molar-refractivity contribution in [3.05, 3.63) is 65.7 Å². The maximum atomic E-state index is 13.0. The van der Waals surface area contributed by atoms with E-state index in [1.165, 1.54) is 18.7 Å². The van der Waals surface area contributed by atoms with Crippen LogP contribution in [0.5, 0.6) is 0 Å². The Balaban J connectivity index is 1.71. The van der Waals surface area contributed by atoms with Gasteiger partial charge in [-0.3, -0.25) is 4.79 Å². The molecule has 0 aromatic heterocycles. The monoisotopic (exact) mass is 435 g/mol. The quantitative estimate of drug-likeness (QED) is 0.405. The Bertz CT molecular complexity index is 939. The molecule has 3 rings (SSSR count). The molecule has 1 saturated carbocycles. The molecule has 32 heavy (non-hydrogen) atoms. The topological polar surface area (TPSA) is 70.7 Å². The van der Waals surface area contributed by atoms with E-state index in [2.05, 4.69) is 46.3 Å². The second-order valence-electron chi connectivity index (χ2n) is 7.96. The fraction of sp³-hybridized carbons (Fsp3) is 0.385. The van der Waals surface area contributed by atoms with Crippen LogP contribution in [0.1, 0.15) is 37.3 Å². The standard InChI is InChI=1S/C26H33N3O3/c1-4-29(5-2)16-15-27-23-13-11-19(12-14-25(30)32-3)17-24(23)28-26(31)22-18-21(22)20-9-7-6-8-10-20/h6-14,17,21-22,27H,4-5,15-16,18H2,1-3H3,(H,28,31)/b14-12+.